The van der Waals surface area contributed by atoms with E-state index < -0.39 is 5.91 Å². The molecule has 0 aliphatic carbocycles. The van der Waals surface area contributed by atoms with Gasteiger partial charge >= 0.3 is 0 Å². The Kier molecular flexibility index (Phi) is 3.49. The molecule has 0 radical (unpaired) electrons. The zero-order chi connectivity index (χ0) is 10.7. The summed E-state index contributed by atoms with van der Waals surface area (Å²) in [5, 5.41) is 0.747. The van der Waals surface area contributed by atoms with Crippen molar-refractivity contribution in [2.24, 2.45) is 0 Å². The predicted octanol–water partition coefficient (Wildman–Crippen LogP) is 2.16. The summed E-state index contributed by atoms with van der Waals surface area (Å²) in [6.45, 7) is 0. The predicted molar refractivity (Wildman–Crippen MR) is 55.9 cm³/mol. The molecule has 0 aliphatic heterocycles. The average Bonchev–Trinajstić information content (AvgIpc) is 2.20. The number of nitrogens with zero attached hydrogens (tertiary/aromatic N) is 1. The van der Waals surface area contributed by atoms with E-state index in [-0.39, 0.29) is 6.29 Å². The number of likely N-dealkylation sites (N-methyl/N-ethyl adjacent to an activating group) is 1. The standard InChI is InChI=1S/C9H7Cl2NO2/c1-12(9(14)5-13)6-2-3-7(10)8(11)4-6/h2-5H,1H3. The molecule has 0 aliphatic rings. The summed E-state index contributed by atoms with van der Waals surface area (Å²) in [5.41, 5.74) is 0.525. The summed E-state index contributed by atoms with van der Waals surface area (Å²) >= 11 is 11.4. The molecule has 0 fully saturated rings. The first-order chi connectivity index (χ1) is 6.56. The van der Waals surface area contributed by atoms with E-state index in [9.17, 15) is 9.59 Å². The highest BCUT2D eigenvalue weighted by Crippen LogP contribution is 2.26. The average molecular weight is 232 g/mol. The molecule has 1 aromatic rings. The van der Waals surface area contributed by atoms with Crippen LogP contribution in [0.5, 0.6) is 0 Å². The van der Waals surface area contributed by atoms with Crippen molar-refractivity contribution in [3.8, 4) is 0 Å². The Balaban J connectivity index is 3.02. The van der Waals surface area contributed by atoms with E-state index in [1.54, 1.807) is 12.1 Å². The van der Waals surface area contributed by atoms with Gasteiger partial charge in [0.25, 0.3) is 5.91 Å². The summed E-state index contributed by atoms with van der Waals surface area (Å²) < 4.78 is 0. The lowest BCUT2D eigenvalue weighted by Gasteiger charge is -2.14. The second-order valence-corrected chi connectivity index (χ2v) is 3.43. The van der Waals surface area contributed by atoms with Crippen LogP contribution < -0.4 is 4.90 Å². The Bertz CT molecular complexity index is 379. The Morgan fingerprint density at radius 1 is 1.36 bits per heavy atom. The topological polar surface area (TPSA) is 37.4 Å². The summed E-state index contributed by atoms with van der Waals surface area (Å²) in [6, 6.07) is 4.69. The maximum atomic E-state index is 11.0. The molecule has 0 saturated heterocycles. The summed E-state index contributed by atoms with van der Waals surface area (Å²) in [4.78, 5) is 22.4. The fourth-order valence-electron chi connectivity index (χ4n) is 0.900. The van der Waals surface area contributed by atoms with Gasteiger partial charge in [-0.3, -0.25) is 9.59 Å². The zero-order valence-corrected chi connectivity index (χ0v) is 8.84. The van der Waals surface area contributed by atoms with Gasteiger partial charge in [0.05, 0.1) is 10.0 Å². The molecule has 0 bridgehead atoms. The van der Waals surface area contributed by atoms with Crippen molar-refractivity contribution in [3.63, 3.8) is 0 Å². The van der Waals surface area contributed by atoms with Gasteiger partial charge in [-0.2, -0.15) is 0 Å². The summed E-state index contributed by atoms with van der Waals surface area (Å²) in [7, 11) is 1.48. The SMILES string of the molecule is CN(C(=O)C=O)c1ccc(Cl)c(Cl)c1. The molecule has 74 valence electrons. The third kappa shape index (κ3) is 2.25. The van der Waals surface area contributed by atoms with Crippen LogP contribution in [-0.2, 0) is 9.59 Å². The van der Waals surface area contributed by atoms with E-state index >= 15 is 0 Å². The zero-order valence-electron chi connectivity index (χ0n) is 7.33. The number of hydrogen-bond acceptors (Lipinski definition) is 2. The fraction of sp³-hybridized carbons (Fsp3) is 0.111. The molecule has 0 aromatic heterocycles. The monoisotopic (exact) mass is 231 g/mol. The first-order valence-corrected chi connectivity index (χ1v) is 4.49. The van der Waals surface area contributed by atoms with Crippen LogP contribution in [0, 0.1) is 0 Å². The van der Waals surface area contributed by atoms with Crippen molar-refractivity contribution >= 4 is 41.1 Å². The molecular weight excluding hydrogens is 225 g/mol. The molecule has 0 N–H and O–H groups in total. The Labute approximate surface area is 91.2 Å². The van der Waals surface area contributed by atoms with Crippen molar-refractivity contribution in [2.75, 3.05) is 11.9 Å². The van der Waals surface area contributed by atoms with Gasteiger partial charge in [-0.1, -0.05) is 23.2 Å². The smallest absolute Gasteiger partial charge is 0.290 e. The lowest BCUT2D eigenvalue weighted by atomic mass is 10.3. The number of halogens is 2. The molecule has 0 heterocycles. The van der Waals surface area contributed by atoms with Crippen molar-refractivity contribution in [1.29, 1.82) is 0 Å². The lowest BCUT2D eigenvalue weighted by Crippen LogP contribution is -2.26. The maximum absolute atomic E-state index is 11.0. The third-order valence-corrected chi connectivity index (χ3v) is 2.46. The van der Waals surface area contributed by atoms with Crippen molar-refractivity contribution in [2.45, 2.75) is 0 Å². The van der Waals surface area contributed by atoms with Crippen LogP contribution in [0.15, 0.2) is 18.2 Å². The first-order valence-electron chi connectivity index (χ1n) is 3.74. The Hall–Kier alpha value is -1.06. The molecule has 0 atom stereocenters. The highest BCUT2D eigenvalue weighted by molar-refractivity contribution is 6.42. The van der Waals surface area contributed by atoms with Crippen molar-refractivity contribution < 1.29 is 9.59 Å². The minimum absolute atomic E-state index is 0.239. The molecule has 1 rings (SSSR count). The minimum Gasteiger partial charge on any atom is -0.309 e. The minimum atomic E-state index is -0.636. The number of hydrogen-bond donors (Lipinski definition) is 0. The van der Waals surface area contributed by atoms with Crippen molar-refractivity contribution in [1.82, 2.24) is 0 Å². The van der Waals surface area contributed by atoms with Gasteiger partial charge in [0.2, 0.25) is 6.29 Å². The normalized spacial score (nSPS) is 9.64. The van der Waals surface area contributed by atoms with Gasteiger partial charge in [-0.05, 0) is 18.2 Å². The van der Waals surface area contributed by atoms with Crippen LogP contribution in [0.2, 0.25) is 10.0 Å². The van der Waals surface area contributed by atoms with Crippen LogP contribution >= 0.6 is 23.2 Å². The molecule has 5 heteroatoms. The number of carbonyl (C=O) groups excluding carboxylic acids is 2. The maximum Gasteiger partial charge on any atom is 0.290 e. The second-order valence-electron chi connectivity index (χ2n) is 2.61. The van der Waals surface area contributed by atoms with Crippen LogP contribution in [0.25, 0.3) is 0 Å². The Morgan fingerprint density at radius 3 is 2.50 bits per heavy atom. The summed E-state index contributed by atoms with van der Waals surface area (Å²) in [5.74, 6) is -0.636. The molecule has 1 amide bonds. The van der Waals surface area contributed by atoms with Crippen molar-refractivity contribution in [3.05, 3.63) is 28.2 Å². The van der Waals surface area contributed by atoms with Gasteiger partial charge < -0.3 is 4.90 Å². The fourth-order valence-corrected chi connectivity index (χ4v) is 1.19. The van der Waals surface area contributed by atoms with Gasteiger partial charge in [-0.25, -0.2) is 0 Å². The number of benzene rings is 1. The van der Waals surface area contributed by atoms with E-state index in [0.29, 0.717) is 15.7 Å². The molecule has 1 aromatic carbocycles. The van der Waals surface area contributed by atoms with E-state index in [1.807, 2.05) is 0 Å². The van der Waals surface area contributed by atoms with Gasteiger partial charge in [0.1, 0.15) is 0 Å². The highest BCUT2D eigenvalue weighted by Gasteiger charge is 2.10. The van der Waals surface area contributed by atoms with Crippen LogP contribution in [0.4, 0.5) is 5.69 Å². The molecule has 0 spiro atoms. The van der Waals surface area contributed by atoms with Crippen LogP contribution in [0.3, 0.4) is 0 Å². The molecular formula is C9H7Cl2NO2. The number of aldehydes is 1. The lowest BCUT2D eigenvalue weighted by molar-refractivity contribution is -0.129. The van der Waals surface area contributed by atoms with E-state index in [1.165, 1.54) is 18.0 Å². The molecule has 14 heavy (non-hydrogen) atoms. The quantitative estimate of drug-likeness (QED) is 0.578. The largest absolute Gasteiger partial charge is 0.309 e. The van der Waals surface area contributed by atoms with E-state index in [4.69, 9.17) is 23.2 Å². The number of rotatable bonds is 2. The second kappa shape index (κ2) is 4.44. The van der Waals surface area contributed by atoms with Gasteiger partial charge in [0.15, 0.2) is 0 Å². The van der Waals surface area contributed by atoms with Gasteiger partial charge in [-0.15, -0.1) is 0 Å². The first kappa shape index (κ1) is 11.0. The highest BCUT2D eigenvalue weighted by atomic mass is 35.5. The summed E-state index contributed by atoms with van der Waals surface area (Å²) in [6.07, 6.45) is 0.239. The molecule has 0 unspecified atom stereocenters. The number of carbonyl (C=O) groups is 2. The van der Waals surface area contributed by atoms with Crippen LogP contribution in [-0.4, -0.2) is 19.2 Å². The van der Waals surface area contributed by atoms with Gasteiger partial charge in [0, 0.05) is 12.7 Å². The Morgan fingerprint density at radius 2 is 2.00 bits per heavy atom. The van der Waals surface area contributed by atoms with E-state index in [2.05, 4.69) is 0 Å². The number of amides is 1. The number of anilines is 1. The van der Waals surface area contributed by atoms with Crippen LogP contribution in [0.1, 0.15) is 0 Å². The molecule has 0 saturated carbocycles. The van der Waals surface area contributed by atoms with E-state index in [0.717, 1.165) is 0 Å². The molecule has 3 nitrogen and oxygen atoms in total. The third-order valence-electron chi connectivity index (χ3n) is 1.72.